The molecule has 5 nitrogen and oxygen atoms in total. The van der Waals surface area contributed by atoms with E-state index in [1.807, 2.05) is 0 Å². The molecule has 0 radical (unpaired) electrons. The lowest BCUT2D eigenvalue weighted by molar-refractivity contribution is -0.142. The molecule has 2 N–H and O–H groups in total. The van der Waals surface area contributed by atoms with Gasteiger partial charge < -0.3 is 15.2 Å². The molecular formula is C15H17ClFNO4. The number of benzene rings is 1. The molecule has 0 saturated carbocycles. The Morgan fingerprint density at radius 1 is 1.55 bits per heavy atom. The summed E-state index contributed by atoms with van der Waals surface area (Å²) < 4.78 is 19.1. The van der Waals surface area contributed by atoms with Crippen LogP contribution < -0.4 is 5.32 Å². The Morgan fingerprint density at radius 2 is 2.27 bits per heavy atom. The lowest BCUT2D eigenvalue weighted by Gasteiger charge is -2.21. The third-order valence-electron chi connectivity index (χ3n) is 3.72. The maximum Gasteiger partial charge on any atom is 0.326 e. The van der Waals surface area contributed by atoms with Crippen LogP contribution in [0, 0.1) is 11.7 Å². The van der Waals surface area contributed by atoms with Crippen molar-refractivity contribution >= 4 is 23.5 Å². The van der Waals surface area contributed by atoms with Crippen molar-refractivity contribution < 1.29 is 23.8 Å². The van der Waals surface area contributed by atoms with Crippen LogP contribution in [0.5, 0.6) is 0 Å². The molecule has 1 unspecified atom stereocenters. The number of hydrogen-bond acceptors (Lipinski definition) is 3. The SMILES string of the molecule is CCC(NC(=O)[C@@H]1CCO[C@H]1c1ccc(Cl)c(F)c1)C(=O)O. The summed E-state index contributed by atoms with van der Waals surface area (Å²) in [6, 6.07) is 3.33. The third kappa shape index (κ3) is 3.56. The highest BCUT2D eigenvalue weighted by molar-refractivity contribution is 6.30. The van der Waals surface area contributed by atoms with Gasteiger partial charge in [0.05, 0.1) is 17.0 Å². The van der Waals surface area contributed by atoms with Crippen molar-refractivity contribution in [1.82, 2.24) is 5.32 Å². The maximum absolute atomic E-state index is 13.6. The van der Waals surface area contributed by atoms with Gasteiger partial charge in [0, 0.05) is 6.61 Å². The van der Waals surface area contributed by atoms with Crippen molar-refractivity contribution in [1.29, 1.82) is 0 Å². The molecule has 2 rings (SSSR count). The van der Waals surface area contributed by atoms with Gasteiger partial charge in [0.1, 0.15) is 11.9 Å². The van der Waals surface area contributed by atoms with Crippen LogP contribution in [-0.2, 0) is 14.3 Å². The minimum absolute atomic E-state index is 0.000303. The molecule has 0 spiro atoms. The molecule has 1 fully saturated rings. The fourth-order valence-corrected chi connectivity index (χ4v) is 2.61. The first-order valence-electron chi connectivity index (χ1n) is 7.03. The van der Waals surface area contributed by atoms with E-state index in [2.05, 4.69) is 5.32 Å². The molecular weight excluding hydrogens is 313 g/mol. The van der Waals surface area contributed by atoms with E-state index in [0.29, 0.717) is 18.6 Å². The second-order valence-corrected chi connectivity index (χ2v) is 5.57. The number of carboxylic acid groups (broad SMARTS) is 1. The van der Waals surface area contributed by atoms with Crippen LogP contribution in [-0.4, -0.2) is 29.6 Å². The summed E-state index contributed by atoms with van der Waals surface area (Å²) in [5.74, 6) is -2.60. The van der Waals surface area contributed by atoms with Gasteiger partial charge in [-0.3, -0.25) is 4.79 Å². The largest absolute Gasteiger partial charge is 0.480 e. The first-order valence-corrected chi connectivity index (χ1v) is 7.41. The summed E-state index contributed by atoms with van der Waals surface area (Å²) in [5.41, 5.74) is 0.517. The second kappa shape index (κ2) is 7.07. The van der Waals surface area contributed by atoms with Gasteiger partial charge in [0.15, 0.2) is 0 Å². The highest BCUT2D eigenvalue weighted by atomic mass is 35.5. The van der Waals surface area contributed by atoms with E-state index in [0.717, 1.165) is 0 Å². The smallest absolute Gasteiger partial charge is 0.326 e. The van der Waals surface area contributed by atoms with Crippen molar-refractivity contribution in [3.05, 3.63) is 34.6 Å². The Labute approximate surface area is 132 Å². The Bertz CT molecular complexity index is 581. The van der Waals surface area contributed by atoms with Crippen molar-refractivity contribution in [2.45, 2.75) is 31.9 Å². The van der Waals surface area contributed by atoms with Crippen molar-refractivity contribution in [2.24, 2.45) is 5.92 Å². The topological polar surface area (TPSA) is 75.6 Å². The molecule has 1 aromatic rings. The molecule has 0 aromatic heterocycles. The summed E-state index contributed by atoms with van der Waals surface area (Å²) in [7, 11) is 0. The summed E-state index contributed by atoms with van der Waals surface area (Å²) in [4.78, 5) is 23.3. The average molecular weight is 330 g/mol. The molecule has 1 aromatic carbocycles. The highest BCUT2D eigenvalue weighted by Crippen LogP contribution is 2.35. The number of carbonyl (C=O) groups excluding carboxylic acids is 1. The highest BCUT2D eigenvalue weighted by Gasteiger charge is 2.36. The Kier molecular flexibility index (Phi) is 5.37. The molecule has 1 aliphatic heterocycles. The fraction of sp³-hybridized carbons (Fsp3) is 0.467. The van der Waals surface area contributed by atoms with Gasteiger partial charge in [-0.25, -0.2) is 9.18 Å². The van der Waals surface area contributed by atoms with Crippen LogP contribution in [0.2, 0.25) is 5.02 Å². The lowest BCUT2D eigenvalue weighted by Crippen LogP contribution is -2.43. The standard InChI is InChI=1S/C15H17ClFNO4/c1-2-12(15(20)21)18-14(19)9-5-6-22-13(9)8-3-4-10(16)11(17)7-8/h3-4,7,9,12-13H,2,5-6H2,1H3,(H,18,19)(H,20,21)/t9-,12?,13+/m1/s1. The number of ether oxygens (including phenoxy) is 1. The van der Waals surface area contributed by atoms with E-state index in [9.17, 15) is 14.0 Å². The van der Waals surface area contributed by atoms with E-state index < -0.39 is 35.8 Å². The Morgan fingerprint density at radius 3 is 2.86 bits per heavy atom. The number of rotatable bonds is 5. The first-order chi connectivity index (χ1) is 10.4. The molecule has 1 amide bonds. The van der Waals surface area contributed by atoms with E-state index in [4.69, 9.17) is 21.4 Å². The predicted octanol–water partition coefficient (Wildman–Crippen LogP) is 2.54. The average Bonchev–Trinajstić information content (AvgIpc) is 2.96. The van der Waals surface area contributed by atoms with Gasteiger partial charge in [-0.1, -0.05) is 24.6 Å². The maximum atomic E-state index is 13.6. The normalized spacial score (nSPS) is 22.3. The zero-order chi connectivity index (χ0) is 16.3. The van der Waals surface area contributed by atoms with Gasteiger partial charge in [-0.05, 0) is 30.5 Å². The molecule has 1 aliphatic rings. The predicted molar refractivity (Wildman–Crippen MR) is 78.1 cm³/mol. The molecule has 7 heteroatoms. The van der Waals surface area contributed by atoms with Crippen LogP contribution in [0.15, 0.2) is 18.2 Å². The number of carboxylic acids is 1. The summed E-state index contributed by atoms with van der Waals surface area (Å²) in [6.07, 6.45) is 0.143. The van der Waals surface area contributed by atoms with Crippen molar-refractivity contribution in [3.8, 4) is 0 Å². The number of carbonyl (C=O) groups is 2. The molecule has 0 aliphatic carbocycles. The van der Waals surface area contributed by atoms with E-state index >= 15 is 0 Å². The summed E-state index contributed by atoms with van der Waals surface area (Å²) in [5, 5.41) is 11.5. The molecule has 0 bridgehead atoms. The number of halogens is 2. The minimum atomic E-state index is -1.08. The van der Waals surface area contributed by atoms with Crippen molar-refractivity contribution in [2.75, 3.05) is 6.61 Å². The van der Waals surface area contributed by atoms with Gasteiger partial charge in [0.2, 0.25) is 5.91 Å². The monoisotopic (exact) mass is 329 g/mol. The van der Waals surface area contributed by atoms with Crippen LogP contribution >= 0.6 is 11.6 Å². The van der Waals surface area contributed by atoms with Crippen LogP contribution in [0.4, 0.5) is 4.39 Å². The quantitative estimate of drug-likeness (QED) is 0.870. The second-order valence-electron chi connectivity index (χ2n) is 5.17. The number of nitrogens with one attached hydrogen (secondary N) is 1. The number of aliphatic carboxylic acids is 1. The first kappa shape index (κ1) is 16.7. The van der Waals surface area contributed by atoms with E-state index in [-0.39, 0.29) is 11.4 Å². The number of hydrogen-bond donors (Lipinski definition) is 2. The molecule has 1 heterocycles. The fourth-order valence-electron chi connectivity index (χ4n) is 2.49. The van der Waals surface area contributed by atoms with E-state index in [1.54, 1.807) is 13.0 Å². The molecule has 3 atom stereocenters. The number of amides is 1. The van der Waals surface area contributed by atoms with Crippen LogP contribution in [0.25, 0.3) is 0 Å². The molecule has 1 saturated heterocycles. The molecule has 120 valence electrons. The summed E-state index contributed by atoms with van der Waals surface area (Å²) in [6.45, 7) is 2.03. The lowest BCUT2D eigenvalue weighted by atomic mass is 9.94. The van der Waals surface area contributed by atoms with Crippen molar-refractivity contribution in [3.63, 3.8) is 0 Å². The van der Waals surface area contributed by atoms with Gasteiger partial charge >= 0.3 is 5.97 Å². The minimum Gasteiger partial charge on any atom is -0.480 e. The molecule has 22 heavy (non-hydrogen) atoms. The van der Waals surface area contributed by atoms with E-state index in [1.165, 1.54) is 12.1 Å². The zero-order valence-corrected chi connectivity index (χ0v) is 12.8. The van der Waals surface area contributed by atoms with Crippen LogP contribution in [0.1, 0.15) is 31.4 Å². The zero-order valence-electron chi connectivity index (χ0n) is 12.0. The summed E-state index contributed by atoms with van der Waals surface area (Å²) >= 11 is 5.65. The Hall–Kier alpha value is -1.66. The van der Waals surface area contributed by atoms with Gasteiger partial charge in [0.25, 0.3) is 0 Å². The Balaban J connectivity index is 2.14. The van der Waals surface area contributed by atoms with Crippen LogP contribution in [0.3, 0.4) is 0 Å². The van der Waals surface area contributed by atoms with Gasteiger partial charge in [-0.2, -0.15) is 0 Å². The van der Waals surface area contributed by atoms with Gasteiger partial charge in [-0.15, -0.1) is 0 Å². The third-order valence-corrected chi connectivity index (χ3v) is 4.03.